The molecule has 1 rings (SSSR count). The Balaban J connectivity index is 3.04. The third kappa shape index (κ3) is 1.56. The highest BCUT2D eigenvalue weighted by molar-refractivity contribution is 5.61. The SMILES string of the molecule is C=C(OC)c1cccnc1OC. The van der Waals surface area contributed by atoms with Crippen LogP contribution in [0.3, 0.4) is 0 Å². The topological polar surface area (TPSA) is 31.4 Å². The molecule has 1 aromatic rings. The minimum atomic E-state index is 0.532. The van der Waals surface area contributed by atoms with Gasteiger partial charge in [0.1, 0.15) is 5.76 Å². The fraction of sp³-hybridized carbons (Fsp3) is 0.222. The Morgan fingerprint density at radius 2 is 2.25 bits per heavy atom. The first-order valence-corrected chi connectivity index (χ1v) is 3.52. The Kier molecular flexibility index (Phi) is 2.69. The molecule has 0 aliphatic heterocycles. The highest BCUT2D eigenvalue weighted by atomic mass is 16.5. The van der Waals surface area contributed by atoms with E-state index in [1.807, 2.05) is 12.1 Å². The summed E-state index contributed by atoms with van der Waals surface area (Å²) in [5.41, 5.74) is 0.780. The molecule has 0 amide bonds. The second-order valence-corrected chi connectivity index (χ2v) is 2.19. The summed E-state index contributed by atoms with van der Waals surface area (Å²) in [7, 11) is 3.13. The van der Waals surface area contributed by atoms with Crippen molar-refractivity contribution in [2.75, 3.05) is 14.2 Å². The van der Waals surface area contributed by atoms with E-state index in [0.29, 0.717) is 11.6 Å². The maximum atomic E-state index is 5.02. The van der Waals surface area contributed by atoms with E-state index < -0.39 is 0 Å². The molecule has 1 heterocycles. The lowest BCUT2D eigenvalue weighted by molar-refractivity contribution is 0.359. The maximum Gasteiger partial charge on any atom is 0.224 e. The zero-order chi connectivity index (χ0) is 8.97. The number of hydrogen-bond acceptors (Lipinski definition) is 3. The van der Waals surface area contributed by atoms with Gasteiger partial charge in [-0.3, -0.25) is 0 Å². The van der Waals surface area contributed by atoms with Crippen LogP contribution < -0.4 is 4.74 Å². The van der Waals surface area contributed by atoms with Crippen LogP contribution in [0.15, 0.2) is 24.9 Å². The number of aromatic nitrogens is 1. The quantitative estimate of drug-likeness (QED) is 0.639. The summed E-state index contributed by atoms with van der Waals surface area (Å²) < 4.78 is 9.98. The Morgan fingerprint density at radius 3 is 2.83 bits per heavy atom. The zero-order valence-electron chi connectivity index (χ0n) is 7.20. The van der Waals surface area contributed by atoms with Crippen molar-refractivity contribution in [3.8, 4) is 5.88 Å². The van der Waals surface area contributed by atoms with Crippen LogP contribution in [-0.4, -0.2) is 19.2 Å². The van der Waals surface area contributed by atoms with E-state index in [2.05, 4.69) is 11.6 Å². The van der Waals surface area contributed by atoms with Gasteiger partial charge < -0.3 is 9.47 Å². The third-order valence-corrected chi connectivity index (χ3v) is 1.51. The van der Waals surface area contributed by atoms with Crippen LogP contribution in [0.2, 0.25) is 0 Å². The summed E-state index contributed by atoms with van der Waals surface area (Å²) in [6, 6.07) is 3.65. The Bertz CT molecular complexity index is 284. The fourth-order valence-electron chi connectivity index (χ4n) is 0.876. The van der Waals surface area contributed by atoms with Crippen LogP contribution in [-0.2, 0) is 4.74 Å². The molecule has 3 heteroatoms. The molecule has 0 aliphatic rings. The van der Waals surface area contributed by atoms with Crippen LogP contribution in [0.4, 0.5) is 0 Å². The van der Waals surface area contributed by atoms with Crippen LogP contribution in [0.1, 0.15) is 5.56 Å². The molecule has 0 atom stereocenters. The normalized spacial score (nSPS) is 9.17. The molecule has 12 heavy (non-hydrogen) atoms. The van der Waals surface area contributed by atoms with Gasteiger partial charge in [0.2, 0.25) is 5.88 Å². The molecule has 0 saturated heterocycles. The van der Waals surface area contributed by atoms with Crippen molar-refractivity contribution in [3.63, 3.8) is 0 Å². The standard InChI is InChI=1S/C9H11NO2/c1-7(11-2)8-5-4-6-10-9(8)12-3/h4-6H,1H2,2-3H3. The maximum absolute atomic E-state index is 5.02. The first kappa shape index (κ1) is 8.59. The van der Waals surface area contributed by atoms with Gasteiger partial charge in [-0.15, -0.1) is 0 Å². The van der Waals surface area contributed by atoms with E-state index in [1.165, 1.54) is 0 Å². The first-order chi connectivity index (χ1) is 5.79. The molecule has 1 aromatic heterocycles. The molecule has 0 spiro atoms. The van der Waals surface area contributed by atoms with Gasteiger partial charge in [-0.1, -0.05) is 6.58 Å². The summed E-state index contributed by atoms with van der Waals surface area (Å²) in [6.45, 7) is 3.71. The molecule has 0 bridgehead atoms. The van der Waals surface area contributed by atoms with Gasteiger partial charge in [-0.2, -0.15) is 0 Å². The molecular formula is C9H11NO2. The van der Waals surface area contributed by atoms with Gasteiger partial charge >= 0.3 is 0 Å². The van der Waals surface area contributed by atoms with Crippen LogP contribution in [0.5, 0.6) is 5.88 Å². The number of hydrogen-bond donors (Lipinski definition) is 0. The molecule has 0 unspecified atom stereocenters. The molecule has 0 radical (unpaired) electrons. The molecule has 64 valence electrons. The number of ether oxygens (including phenoxy) is 2. The van der Waals surface area contributed by atoms with E-state index >= 15 is 0 Å². The second kappa shape index (κ2) is 3.76. The van der Waals surface area contributed by atoms with Crippen molar-refractivity contribution in [1.82, 2.24) is 4.98 Å². The average molecular weight is 165 g/mol. The van der Waals surface area contributed by atoms with Gasteiger partial charge in [0.25, 0.3) is 0 Å². The van der Waals surface area contributed by atoms with Gasteiger partial charge in [0, 0.05) is 6.20 Å². The average Bonchev–Trinajstić information content (AvgIpc) is 2.16. The summed E-state index contributed by atoms with van der Waals surface area (Å²) in [4.78, 5) is 4.00. The Morgan fingerprint density at radius 1 is 1.50 bits per heavy atom. The smallest absolute Gasteiger partial charge is 0.224 e. The van der Waals surface area contributed by atoms with Crippen LogP contribution in [0, 0.1) is 0 Å². The monoisotopic (exact) mass is 165 g/mol. The lowest BCUT2D eigenvalue weighted by Gasteiger charge is -2.07. The highest BCUT2D eigenvalue weighted by Gasteiger charge is 2.05. The summed E-state index contributed by atoms with van der Waals surface area (Å²) in [5.74, 6) is 1.09. The van der Waals surface area contributed by atoms with Crippen molar-refractivity contribution in [2.24, 2.45) is 0 Å². The minimum absolute atomic E-state index is 0.532. The molecule has 0 N–H and O–H groups in total. The second-order valence-electron chi connectivity index (χ2n) is 2.19. The zero-order valence-corrected chi connectivity index (χ0v) is 7.20. The Hall–Kier alpha value is -1.51. The number of rotatable bonds is 3. The summed E-state index contributed by atoms with van der Waals surface area (Å²) in [5, 5.41) is 0. The number of pyridine rings is 1. The molecular weight excluding hydrogens is 154 g/mol. The lowest BCUT2D eigenvalue weighted by Crippen LogP contribution is -1.94. The predicted octanol–water partition coefficient (Wildman–Crippen LogP) is 1.71. The minimum Gasteiger partial charge on any atom is -0.497 e. The molecule has 0 saturated carbocycles. The van der Waals surface area contributed by atoms with Crippen molar-refractivity contribution in [3.05, 3.63) is 30.5 Å². The lowest BCUT2D eigenvalue weighted by atomic mass is 10.2. The van der Waals surface area contributed by atoms with E-state index in [0.717, 1.165) is 5.56 Å². The molecule has 3 nitrogen and oxygen atoms in total. The van der Waals surface area contributed by atoms with Crippen molar-refractivity contribution in [1.29, 1.82) is 0 Å². The van der Waals surface area contributed by atoms with Gasteiger partial charge in [0.05, 0.1) is 19.8 Å². The van der Waals surface area contributed by atoms with Crippen molar-refractivity contribution < 1.29 is 9.47 Å². The van der Waals surface area contributed by atoms with Gasteiger partial charge in [0.15, 0.2) is 0 Å². The van der Waals surface area contributed by atoms with E-state index in [9.17, 15) is 0 Å². The number of methoxy groups -OCH3 is 2. The number of nitrogens with zero attached hydrogens (tertiary/aromatic N) is 1. The summed E-state index contributed by atoms with van der Waals surface area (Å²) >= 11 is 0. The Labute approximate surface area is 71.6 Å². The third-order valence-electron chi connectivity index (χ3n) is 1.51. The highest BCUT2D eigenvalue weighted by Crippen LogP contribution is 2.21. The van der Waals surface area contributed by atoms with Gasteiger partial charge in [-0.25, -0.2) is 4.98 Å². The van der Waals surface area contributed by atoms with E-state index in [4.69, 9.17) is 9.47 Å². The van der Waals surface area contributed by atoms with E-state index in [-0.39, 0.29) is 0 Å². The largest absolute Gasteiger partial charge is 0.497 e. The first-order valence-electron chi connectivity index (χ1n) is 3.52. The molecule has 0 aliphatic carbocycles. The predicted molar refractivity (Wildman–Crippen MR) is 46.8 cm³/mol. The van der Waals surface area contributed by atoms with E-state index in [1.54, 1.807) is 20.4 Å². The van der Waals surface area contributed by atoms with Crippen molar-refractivity contribution in [2.45, 2.75) is 0 Å². The van der Waals surface area contributed by atoms with Crippen LogP contribution in [0.25, 0.3) is 5.76 Å². The molecule has 0 fully saturated rings. The summed E-state index contributed by atoms with van der Waals surface area (Å²) in [6.07, 6.45) is 1.66. The van der Waals surface area contributed by atoms with Gasteiger partial charge in [-0.05, 0) is 12.1 Å². The van der Waals surface area contributed by atoms with Crippen LogP contribution >= 0.6 is 0 Å². The van der Waals surface area contributed by atoms with Crippen molar-refractivity contribution >= 4 is 5.76 Å². The fourth-order valence-corrected chi connectivity index (χ4v) is 0.876. The molecule has 0 aromatic carbocycles.